The second-order valence-electron chi connectivity index (χ2n) is 5.60. The Bertz CT molecular complexity index is 378. The number of nitrogens with zero attached hydrogens (tertiary/aromatic N) is 1. The van der Waals surface area contributed by atoms with Gasteiger partial charge >= 0.3 is 0 Å². The fourth-order valence-electron chi connectivity index (χ4n) is 1.82. The minimum Gasteiger partial charge on any atom is -0.462 e. The summed E-state index contributed by atoms with van der Waals surface area (Å²) in [7, 11) is 0. The van der Waals surface area contributed by atoms with E-state index >= 15 is 0 Å². The van der Waals surface area contributed by atoms with Crippen LogP contribution in [0.3, 0.4) is 0 Å². The number of nitrogen functional groups attached to an aromatic ring is 1. The van der Waals surface area contributed by atoms with Gasteiger partial charge in [0.05, 0.1) is 5.69 Å². The number of hydrogen-bond acceptors (Lipinski definition) is 5. The third-order valence-corrected chi connectivity index (χ3v) is 2.78. The van der Waals surface area contributed by atoms with Gasteiger partial charge in [0.1, 0.15) is 11.4 Å². The van der Waals surface area contributed by atoms with E-state index in [4.69, 9.17) is 5.73 Å². The summed E-state index contributed by atoms with van der Waals surface area (Å²) in [5, 5.41) is 10.3. The summed E-state index contributed by atoms with van der Waals surface area (Å²) in [4.78, 5) is 9.60. The molecule has 1 fully saturated rings. The van der Waals surface area contributed by atoms with Crippen LogP contribution in [0.25, 0.3) is 0 Å². The molecule has 0 bridgehead atoms. The molecule has 0 spiro atoms. The number of aromatic amines is 1. The molecule has 0 radical (unpaired) electrons. The molecular formula is C13H24N4O2. The second kappa shape index (κ2) is 7.13. The van der Waals surface area contributed by atoms with Crippen molar-refractivity contribution >= 4 is 12.3 Å². The Morgan fingerprint density at radius 1 is 1.42 bits per heavy atom. The van der Waals surface area contributed by atoms with Crippen LogP contribution in [-0.2, 0) is 9.53 Å². The van der Waals surface area contributed by atoms with Crippen LogP contribution in [0.5, 0.6) is 0 Å². The van der Waals surface area contributed by atoms with Crippen molar-refractivity contribution in [3.63, 3.8) is 0 Å². The van der Waals surface area contributed by atoms with Gasteiger partial charge in [-0.3, -0.25) is 9.89 Å². The lowest BCUT2D eigenvalue weighted by Gasteiger charge is -2.20. The molecule has 0 aromatic carbocycles. The molecule has 1 saturated heterocycles. The highest BCUT2D eigenvalue weighted by atomic mass is 16.5. The molecule has 1 aliphatic rings. The Labute approximate surface area is 114 Å². The largest absolute Gasteiger partial charge is 0.462 e. The molecule has 0 unspecified atom stereocenters. The maximum Gasteiger partial charge on any atom is 0.293 e. The third-order valence-electron chi connectivity index (χ3n) is 2.78. The van der Waals surface area contributed by atoms with Crippen LogP contribution >= 0.6 is 0 Å². The summed E-state index contributed by atoms with van der Waals surface area (Å²) >= 11 is 0. The predicted octanol–water partition coefficient (Wildman–Crippen LogP) is 1.42. The molecule has 0 amide bonds. The fraction of sp³-hybridized carbons (Fsp3) is 0.692. The van der Waals surface area contributed by atoms with Crippen LogP contribution < -0.4 is 11.1 Å². The van der Waals surface area contributed by atoms with Gasteiger partial charge in [-0.1, -0.05) is 0 Å². The molecule has 6 nitrogen and oxygen atoms in total. The Balaban J connectivity index is 0.000000224. The standard InChI is InChI=1S/C8H14N4.C5H10O2/c9-8-5-7(11-12-8)6-1-3-10-4-2-6;1-5(2,3)7-4-6/h5-6,10H,1-4H2,(H3,9,11,12);4H,1-3H3. The highest BCUT2D eigenvalue weighted by Crippen LogP contribution is 2.23. The molecule has 19 heavy (non-hydrogen) atoms. The quantitative estimate of drug-likeness (QED) is 0.705. The van der Waals surface area contributed by atoms with Crippen LogP contribution in [0.15, 0.2) is 6.07 Å². The number of nitrogens with one attached hydrogen (secondary N) is 2. The monoisotopic (exact) mass is 268 g/mol. The molecule has 2 rings (SSSR count). The van der Waals surface area contributed by atoms with Crippen LogP contribution in [-0.4, -0.2) is 35.4 Å². The van der Waals surface area contributed by atoms with Gasteiger partial charge in [-0.25, -0.2) is 0 Å². The van der Waals surface area contributed by atoms with Crippen LogP contribution in [0.4, 0.5) is 5.82 Å². The fourth-order valence-corrected chi connectivity index (χ4v) is 1.82. The zero-order valence-corrected chi connectivity index (χ0v) is 11.9. The van der Waals surface area contributed by atoms with Crippen molar-refractivity contribution in [3.8, 4) is 0 Å². The van der Waals surface area contributed by atoms with E-state index < -0.39 is 0 Å². The van der Waals surface area contributed by atoms with E-state index in [0.717, 1.165) is 18.8 Å². The van der Waals surface area contributed by atoms with E-state index in [1.807, 2.05) is 26.8 Å². The number of carbonyl (C=O) groups is 1. The van der Waals surface area contributed by atoms with Gasteiger partial charge in [0.25, 0.3) is 6.47 Å². The van der Waals surface area contributed by atoms with Gasteiger partial charge in [0.15, 0.2) is 0 Å². The molecular weight excluding hydrogens is 244 g/mol. The summed E-state index contributed by atoms with van der Waals surface area (Å²) in [5.74, 6) is 1.27. The molecule has 4 N–H and O–H groups in total. The molecule has 0 saturated carbocycles. The Hall–Kier alpha value is -1.56. The van der Waals surface area contributed by atoms with E-state index in [0.29, 0.717) is 18.2 Å². The molecule has 0 atom stereocenters. The van der Waals surface area contributed by atoms with Crippen LogP contribution in [0, 0.1) is 0 Å². The zero-order valence-electron chi connectivity index (χ0n) is 11.9. The molecule has 108 valence electrons. The van der Waals surface area contributed by atoms with Crippen molar-refractivity contribution in [2.45, 2.75) is 45.1 Å². The smallest absolute Gasteiger partial charge is 0.293 e. The zero-order chi connectivity index (χ0) is 14.3. The van der Waals surface area contributed by atoms with Crippen molar-refractivity contribution in [3.05, 3.63) is 11.8 Å². The van der Waals surface area contributed by atoms with Gasteiger partial charge in [-0.15, -0.1) is 0 Å². The predicted molar refractivity (Wildman–Crippen MR) is 74.7 cm³/mol. The van der Waals surface area contributed by atoms with Crippen LogP contribution in [0.2, 0.25) is 0 Å². The number of H-pyrrole nitrogens is 1. The first-order valence-electron chi connectivity index (χ1n) is 6.55. The molecule has 1 aromatic heterocycles. The van der Waals surface area contributed by atoms with Gasteiger partial charge in [0, 0.05) is 12.0 Å². The molecule has 1 aromatic rings. The topological polar surface area (TPSA) is 93.0 Å². The first kappa shape index (κ1) is 15.5. The number of ether oxygens (including phenoxy) is 1. The van der Waals surface area contributed by atoms with Gasteiger partial charge in [-0.05, 0) is 46.7 Å². The van der Waals surface area contributed by atoms with Crippen molar-refractivity contribution in [2.24, 2.45) is 0 Å². The third kappa shape index (κ3) is 6.24. The minimum absolute atomic E-state index is 0.318. The second-order valence-corrected chi connectivity index (χ2v) is 5.60. The van der Waals surface area contributed by atoms with Gasteiger partial charge < -0.3 is 15.8 Å². The lowest BCUT2D eigenvalue weighted by molar-refractivity contribution is -0.138. The average molecular weight is 268 g/mol. The number of hydrogen-bond donors (Lipinski definition) is 3. The number of aromatic nitrogens is 2. The highest BCUT2D eigenvalue weighted by Gasteiger charge is 2.17. The van der Waals surface area contributed by atoms with Crippen molar-refractivity contribution < 1.29 is 9.53 Å². The lowest BCUT2D eigenvalue weighted by atomic mass is 9.95. The maximum absolute atomic E-state index is 9.60. The summed E-state index contributed by atoms with van der Waals surface area (Å²) in [6.45, 7) is 8.11. The minimum atomic E-state index is -0.318. The molecule has 0 aliphatic carbocycles. The molecule has 1 aliphatic heterocycles. The van der Waals surface area contributed by atoms with E-state index in [9.17, 15) is 4.79 Å². The Kier molecular flexibility index (Phi) is 5.82. The van der Waals surface area contributed by atoms with Gasteiger partial charge in [0.2, 0.25) is 0 Å². The van der Waals surface area contributed by atoms with Crippen LogP contribution in [0.1, 0.15) is 45.2 Å². The number of piperidine rings is 1. The van der Waals surface area contributed by atoms with E-state index in [2.05, 4.69) is 20.3 Å². The summed E-state index contributed by atoms with van der Waals surface area (Å²) in [5.41, 5.74) is 6.35. The maximum atomic E-state index is 9.60. The Morgan fingerprint density at radius 3 is 2.42 bits per heavy atom. The molecule has 2 heterocycles. The van der Waals surface area contributed by atoms with Crippen molar-refractivity contribution in [1.29, 1.82) is 0 Å². The van der Waals surface area contributed by atoms with E-state index in [1.54, 1.807) is 0 Å². The highest BCUT2D eigenvalue weighted by molar-refractivity contribution is 5.37. The summed E-state index contributed by atoms with van der Waals surface area (Å²) < 4.78 is 4.55. The summed E-state index contributed by atoms with van der Waals surface area (Å²) in [6, 6.07) is 1.94. The first-order valence-corrected chi connectivity index (χ1v) is 6.55. The van der Waals surface area contributed by atoms with E-state index in [-0.39, 0.29) is 5.60 Å². The lowest BCUT2D eigenvalue weighted by Crippen LogP contribution is -2.26. The number of nitrogens with two attached hydrogens (primary N) is 1. The van der Waals surface area contributed by atoms with Gasteiger partial charge in [-0.2, -0.15) is 5.10 Å². The first-order chi connectivity index (χ1) is 8.92. The summed E-state index contributed by atoms with van der Waals surface area (Å²) in [6.07, 6.45) is 2.34. The van der Waals surface area contributed by atoms with Crippen molar-refractivity contribution in [2.75, 3.05) is 18.8 Å². The van der Waals surface area contributed by atoms with E-state index in [1.165, 1.54) is 12.8 Å². The normalized spacial score (nSPS) is 16.4. The number of rotatable bonds is 2. The number of anilines is 1. The average Bonchev–Trinajstić information content (AvgIpc) is 2.76. The van der Waals surface area contributed by atoms with Crippen molar-refractivity contribution in [1.82, 2.24) is 15.5 Å². The number of carbonyl (C=O) groups excluding carboxylic acids is 1. The molecule has 6 heteroatoms. The Morgan fingerprint density at radius 2 is 2.05 bits per heavy atom. The SMILES string of the molecule is CC(C)(C)OC=O.Nc1cc(C2CCNCC2)n[nH]1.